The van der Waals surface area contributed by atoms with Gasteiger partial charge in [-0.3, -0.25) is 0 Å². The molecule has 2 heteroatoms. The fraction of sp³-hybridized carbons (Fsp3) is 0.333. The SMILES string of the molecule is CC([Si])c1ccccc1CCl. The van der Waals surface area contributed by atoms with Crippen molar-refractivity contribution in [3.8, 4) is 0 Å². The first-order valence-electron chi connectivity index (χ1n) is 3.60. The van der Waals surface area contributed by atoms with Gasteiger partial charge < -0.3 is 0 Å². The Morgan fingerprint density at radius 1 is 1.45 bits per heavy atom. The van der Waals surface area contributed by atoms with Gasteiger partial charge in [0.1, 0.15) is 0 Å². The summed E-state index contributed by atoms with van der Waals surface area (Å²) in [5, 5.41) is 0. The molecule has 0 aliphatic carbocycles. The summed E-state index contributed by atoms with van der Waals surface area (Å²) in [5.74, 6) is 0.588. The topological polar surface area (TPSA) is 0 Å². The van der Waals surface area contributed by atoms with Crippen LogP contribution in [0.3, 0.4) is 0 Å². The molecule has 0 amide bonds. The minimum Gasteiger partial charge on any atom is -0.122 e. The number of rotatable bonds is 2. The Morgan fingerprint density at radius 3 is 2.55 bits per heavy atom. The number of hydrogen-bond donors (Lipinski definition) is 0. The van der Waals surface area contributed by atoms with Crippen LogP contribution < -0.4 is 0 Å². The lowest BCUT2D eigenvalue weighted by Crippen LogP contribution is -1.96. The van der Waals surface area contributed by atoms with Crippen molar-refractivity contribution in [2.45, 2.75) is 18.3 Å². The lowest BCUT2D eigenvalue weighted by molar-refractivity contribution is 1.05. The van der Waals surface area contributed by atoms with Gasteiger partial charge in [0.15, 0.2) is 0 Å². The molecule has 0 aromatic heterocycles. The summed E-state index contributed by atoms with van der Waals surface area (Å²) < 4.78 is 0. The number of halogens is 1. The van der Waals surface area contributed by atoms with E-state index in [1.807, 2.05) is 12.1 Å². The summed E-state index contributed by atoms with van der Waals surface area (Å²) in [5.41, 5.74) is 2.86. The molecular weight excluding hydrogens is 172 g/mol. The minimum atomic E-state index is 0.380. The molecule has 1 rings (SSSR count). The molecule has 57 valence electrons. The Balaban J connectivity index is 3.02. The predicted octanol–water partition coefficient (Wildman–Crippen LogP) is 2.65. The fourth-order valence-corrected chi connectivity index (χ4v) is 1.60. The van der Waals surface area contributed by atoms with Crippen LogP contribution in [0.4, 0.5) is 0 Å². The van der Waals surface area contributed by atoms with Crippen molar-refractivity contribution in [2.75, 3.05) is 0 Å². The van der Waals surface area contributed by atoms with E-state index in [0.717, 1.165) is 0 Å². The monoisotopic (exact) mass is 181 g/mol. The van der Waals surface area contributed by atoms with E-state index in [2.05, 4.69) is 29.3 Å². The average Bonchev–Trinajstić information content (AvgIpc) is 2.04. The smallest absolute Gasteiger partial charge is 0.0476 e. The molecule has 11 heavy (non-hydrogen) atoms. The van der Waals surface area contributed by atoms with Gasteiger partial charge in [0.05, 0.1) is 0 Å². The van der Waals surface area contributed by atoms with Crippen molar-refractivity contribution < 1.29 is 0 Å². The summed E-state index contributed by atoms with van der Waals surface area (Å²) in [6.45, 7) is 2.10. The molecule has 3 radical (unpaired) electrons. The van der Waals surface area contributed by atoms with Crippen molar-refractivity contribution in [2.24, 2.45) is 0 Å². The molecular formula is C9H10ClSi. The van der Waals surface area contributed by atoms with Gasteiger partial charge in [-0.2, -0.15) is 0 Å². The molecule has 1 aromatic carbocycles. The van der Waals surface area contributed by atoms with E-state index in [4.69, 9.17) is 11.6 Å². The normalized spacial score (nSPS) is 13.0. The van der Waals surface area contributed by atoms with E-state index in [1.165, 1.54) is 11.1 Å². The summed E-state index contributed by atoms with van der Waals surface area (Å²) in [7, 11) is 3.56. The highest BCUT2D eigenvalue weighted by Gasteiger charge is 2.03. The van der Waals surface area contributed by atoms with E-state index in [0.29, 0.717) is 11.4 Å². The molecule has 1 unspecified atom stereocenters. The van der Waals surface area contributed by atoms with Crippen LogP contribution in [-0.2, 0) is 5.88 Å². The van der Waals surface area contributed by atoms with E-state index in [1.54, 1.807) is 0 Å². The molecule has 1 aromatic rings. The zero-order valence-corrected chi connectivity index (χ0v) is 8.23. The molecule has 0 N–H and O–H groups in total. The third-order valence-corrected chi connectivity index (χ3v) is 2.26. The van der Waals surface area contributed by atoms with Gasteiger partial charge in [-0.1, -0.05) is 31.2 Å². The Bertz CT molecular complexity index is 233. The fourth-order valence-electron chi connectivity index (χ4n) is 1.08. The highest BCUT2D eigenvalue weighted by atomic mass is 35.5. The Kier molecular flexibility index (Phi) is 3.15. The van der Waals surface area contributed by atoms with Crippen molar-refractivity contribution >= 4 is 21.8 Å². The maximum atomic E-state index is 5.75. The highest BCUT2D eigenvalue weighted by molar-refractivity contribution is 6.17. The lowest BCUT2D eigenvalue weighted by atomic mass is 10.1. The molecule has 0 aliphatic rings. The Labute approximate surface area is 76.0 Å². The highest BCUT2D eigenvalue weighted by Crippen LogP contribution is 2.18. The molecule has 0 bridgehead atoms. The van der Waals surface area contributed by atoms with Gasteiger partial charge in [0.25, 0.3) is 0 Å². The molecule has 0 fully saturated rings. The molecule has 0 nitrogen and oxygen atoms in total. The van der Waals surface area contributed by atoms with Crippen molar-refractivity contribution in [1.82, 2.24) is 0 Å². The van der Waals surface area contributed by atoms with Crippen LogP contribution in [0.15, 0.2) is 24.3 Å². The van der Waals surface area contributed by atoms with Gasteiger partial charge in [-0.15, -0.1) is 11.6 Å². The Morgan fingerprint density at radius 2 is 2.09 bits per heavy atom. The standard InChI is InChI=1S/C9H10ClSi/c1-7(11)9-5-3-2-4-8(9)6-10/h2-5,7H,6H2,1H3. The van der Waals surface area contributed by atoms with Crippen LogP contribution in [0.25, 0.3) is 0 Å². The van der Waals surface area contributed by atoms with Crippen molar-refractivity contribution in [1.29, 1.82) is 0 Å². The van der Waals surface area contributed by atoms with Crippen LogP contribution in [0.1, 0.15) is 23.6 Å². The second kappa shape index (κ2) is 3.93. The van der Waals surface area contributed by atoms with Crippen LogP contribution in [0, 0.1) is 0 Å². The average molecular weight is 182 g/mol. The second-order valence-electron chi connectivity index (χ2n) is 2.55. The number of hydrogen-bond acceptors (Lipinski definition) is 0. The van der Waals surface area contributed by atoms with Gasteiger partial charge >= 0.3 is 0 Å². The summed E-state index contributed by atoms with van der Waals surface area (Å²) in [4.78, 5) is 0. The van der Waals surface area contributed by atoms with E-state index in [9.17, 15) is 0 Å². The first-order valence-corrected chi connectivity index (χ1v) is 4.71. The van der Waals surface area contributed by atoms with Crippen LogP contribution in [-0.4, -0.2) is 10.2 Å². The predicted molar refractivity (Wildman–Crippen MR) is 50.2 cm³/mol. The number of benzene rings is 1. The van der Waals surface area contributed by atoms with Crippen LogP contribution >= 0.6 is 11.6 Å². The number of alkyl halides is 1. The van der Waals surface area contributed by atoms with Gasteiger partial charge in [-0.25, -0.2) is 0 Å². The van der Waals surface area contributed by atoms with E-state index < -0.39 is 0 Å². The molecule has 0 aliphatic heterocycles. The van der Waals surface area contributed by atoms with Gasteiger partial charge in [0.2, 0.25) is 0 Å². The van der Waals surface area contributed by atoms with Crippen LogP contribution in [0.2, 0.25) is 0 Å². The molecule has 0 saturated carbocycles. The van der Waals surface area contributed by atoms with E-state index >= 15 is 0 Å². The molecule has 0 spiro atoms. The lowest BCUT2D eigenvalue weighted by Gasteiger charge is -2.08. The zero-order chi connectivity index (χ0) is 8.27. The third-order valence-electron chi connectivity index (χ3n) is 1.67. The van der Waals surface area contributed by atoms with E-state index in [-0.39, 0.29) is 0 Å². The van der Waals surface area contributed by atoms with Crippen LogP contribution in [0.5, 0.6) is 0 Å². The second-order valence-corrected chi connectivity index (χ2v) is 3.69. The maximum absolute atomic E-state index is 5.75. The van der Waals surface area contributed by atoms with Gasteiger partial charge in [0, 0.05) is 16.1 Å². The Hall–Kier alpha value is -0.273. The third kappa shape index (κ3) is 2.08. The molecule has 1 atom stereocenters. The quantitative estimate of drug-likeness (QED) is 0.486. The molecule has 0 heterocycles. The minimum absolute atomic E-state index is 0.380. The largest absolute Gasteiger partial charge is 0.122 e. The van der Waals surface area contributed by atoms with Gasteiger partial charge in [-0.05, 0) is 16.7 Å². The zero-order valence-electron chi connectivity index (χ0n) is 6.47. The first kappa shape index (κ1) is 8.82. The van der Waals surface area contributed by atoms with Crippen molar-refractivity contribution in [3.63, 3.8) is 0 Å². The summed E-state index contributed by atoms with van der Waals surface area (Å²) in [6, 6.07) is 8.19. The first-order chi connectivity index (χ1) is 5.25. The summed E-state index contributed by atoms with van der Waals surface area (Å²) in [6.07, 6.45) is 0. The summed E-state index contributed by atoms with van der Waals surface area (Å²) >= 11 is 5.75. The maximum Gasteiger partial charge on any atom is 0.0476 e. The van der Waals surface area contributed by atoms with Crippen molar-refractivity contribution in [3.05, 3.63) is 35.4 Å². The molecule has 0 saturated heterocycles.